The molecule has 1 aliphatic heterocycles. The van der Waals surface area contributed by atoms with Gasteiger partial charge in [0.15, 0.2) is 0 Å². The van der Waals surface area contributed by atoms with Crippen molar-refractivity contribution in [2.45, 2.75) is 23.0 Å². The van der Waals surface area contributed by atoms with E-state index >= 15 is 0 Å². The van der Waals surface area contributed by atoms with Crippen molar-refractivity contribution in [3.05, 3.63) is 149 Å². The van der Waals surface area contributed by atoms with Crippen LogP contribution in [-0.4, -0.2) is 27.7 Å². The van der Waals surface area contributed by atoms with Crippen LogP contribution in [0.2, 0.25) is 0 Å². The predicted octanol–water partition coefficient (Wildman–Crippen LogP) is 6.14. The van der Waals surface area contributed by atoms with Crippen LogP contribution in [0.3, 0.4) is 0 Å². The summed E-state index contributed by atoms with van der Waals surface area (Å²) in [5, 5.41) is 0. The zero-order valence-corrected chi connectivity index (χ0v) is 20.7. The van der Waals surface area contributed by atoms with Crippen LogP contribution < -0.4 is 0 Å². The van der Waals surface area contributed by atoms with Gasteiger partial charge in [-0.15, -0.1) is 0 Å². The summed E-state index contributed by atoms with van der Waals surface area (Å²) in [5.74, 6) is 0. The second-order valence-corrected chi connectivity index (χ2v) is 10.7. The molecule has 4 aromatic carbocycles. The molecule has 5 heteroatoms. The third-order valence-corrected chi connectivity index (χ3v) is 8.41. The topological polar surface area (TPSA) is 52.6 Å². The molecule has 0 N–H and O–H groups in total. The number of rotatable bonds is 8. The highest BCUT2D eigenvalue weighted by atomic mass is 32.2. The second-order valence-electron chi connectivity index (χ2n) is 8.74. The lowest BCUT2D eigenvalue weighted by Crippen LogP contribution is -2.37. The van der Waals surface area contributed by atoms with E-state index in [1.807, 2.05) is 60.7 Å². The van der Waals surface area contributed by atoms with Gasteiger partial charge in [0.25, 0.3) is 0 Å². The smallest absolute Gasteiger partial charge is 0.202 e. The Hall–Kier alpha value is -3.51. The van der Waals surface area contributed by atoms with Gasteiger partial charge < -0.3 is 9.47 Å². The van der Waals surface area contributed by atoms with Gasteiger partial charge in [0, 0.05) is 6.42 Å². The Bertz CT molecular complexity index is 1300. The van der Waals surface area contributed by atoms with Gasteiger partial charge in [0.05, 0.1) is 29.1 Å². The summed E-state index contributed by atoms with van der Waals surface area (Å²) in [6.07, 6.45) is 1.52. The molecular weight excluding hydrogens is 468 g/mol. The van der Waals surface area contributed by atoms with Crippen molar-refractivity contribution in [3.63, 3.8) is 0 Å². The van der Waals surface area contributed by atoms with Crippen LogP contribution in [0, 0.1) is 0 Å². The number of hydrogen-bond donors (Lipinski definition) is 0. The molecule has 0 aromatic heterocycles. The minimum Gasteiger partial charge on any atom is -0.371 e. The molecular formula is C31H28O4S. The highest BCUT2D eigenvalue weighted by molar-refractivity contribution is 7.95. The number of ether oxygens (including phenoxy) is 2. The predicted molar refractivity (Wildman–Crippen MR) is 141 cm³/mol. The number of hydrogen-bond acceptors (Lipinski definition) is 4. The minimum atomic E-state index is -3.58. The summed E-state index contributed by atoms with van der Waals surface area (Å²) in [5.41, 5.74) is 2.09. The molecule has 4 aromatic rings. The summed E-state index contributed by atoms with van der Waals surface area (Å²) in [6, 6.07) is 38.9. The lowest BCUT2D eigenvalue weighted by Gasteiger charge is -2.37. The molecule has 5 rings (SSSR count). The van der Waals surface area contributed by atoms with Crippen LogP contribution >= 0.6 is 0 Å². The largest absolute Gasteiger partial charge is 0.371 e. The SMILES string of the molecule is O=S(=O)(C1=CCOC(COC(c2ccccc2)(c2ccccc2)c2ccccc2)C1)c1ccccc1. The van der Waals surface area contributed by atoms with Gasteiger partial charge >= 0.3 is 0 Å². The molecule has 182 valence electrons. The van der Waals surface area contributed by atoms with Crippen LogP contribution in [0.1, 0.15) is 23.1 Å². The molecule has 0 aliphatic carbocycles. The first-order valence-electron chi connectivity index (χ1n) is 12.0. The van der Waals surface area contributed by atoms with Crippen molar-refractivity contribution in [2.75, 3.05) is 13.2 Å². The first-order valence-corrected chi connectivity index (χ1v) is 13.5. The van der Waals surface area contributed by atoms with Crippen LogP contribution in [0.15, 0.2) is 137 Å². The molecule has 0 bridgehead atoms. The quantitative estimate of drug-likeness (QED) is 0.275. The summed E-state index contributed by atoms with van der Waals surface area (Å²) in [6.45, 7) is 0.449. The van der Waals surface area contributed by atoms with Crippen molar-refractivity contribution < 1.29 is 17.9 Å². The molecule has 0 saturated carbocycles. The van der Waals surface area contributed by atoms with Gasteiger partial charge in [0.1, 0.15) is 5.60 Å². The lowest BCUT2D eigenvalue weighted by molar-refractivity contribution is -0.0612. The molecule has 4 nitrogen and oxygen atoms in total. The molecule has 0 amide bonds. The van der Waals surface area contributed by atoms with E-state index in [1.54, 1.807) is 30.3 Å². The molecule has 36 heavy (non-hydrogen) atoms. The van der Waals surface area contributed by atoms with Crippen molar-refractivity contribution in [1.29, 1.82) is 0 Å². The van der Waals surface area contributed by atoms with Crippen molar-refractivity contribution in [3.8, 4) is 0 Å². The van der Waals surface area contributed by atoms with E-state index in [-0.39, 0.29) is 19.6 Å². The Morgan fingerprint density at radius 2 is 1.14 bits per heavy atom. The first kappa shape index (κ1) is 24.2. The van der Waals surface area contributed by atoms with E-state index in [2.05, 4.69) is 36.4 Å². The molecule has 0 fully saturated rings. The summed E-state index contributed by atoms with van der Waals surface area (Å²) >= 11 is 0. The van der Waals surface area contributed by atoms with Crippen LogP contribution in [-0.2, 0) is 24.9 Å². The van der Waals surface area contributed by atoms with Crippen molar-refractivity contribution in [2.24, 2.45) is 0 Å². The zero-order valence-electron chi connectivity index (χ0n) is 19.9. The third kappa shape index (κ3) is 4.78. The van der Waals surface area contributed by atoms with E-state index < -0.39 is 21.5 Å². The number of benzene rings is 4. The van der Waals surface area contributed by atoms with Crippen LogP contribution in [0.5, 0.6) is 0 Å². The monoisotopic (exact) mass is 496 g/mol. The third-order valence-electron chi connectivity index (χ3n) is 6.50. The molecule has 0 spiro atoms. The maximum atomic E-state index is 13.2. The Morgan fingerprint density at radius 1 is 0.694 bits per heavy atom. The summed E-state index contributed by atoms with van der Waals surface area (Å²) < 4.78 is 39.3. The Morgan fingerprint density at radius 3 is 1.61 bits per heavy atom. The normalized spacial score (nSPS) is 16.3. The van der Waals surface area contributed by atoms with Gasteiger partial charge in [0.2, 0.25) is 9.84 Å². The highest BCUT2D eigenvalue weighted by Gasteiger charge is 2.39. The van der Waals surface area contributed by atoms with Gasteiger partial charge in [-0.3, -0.25) is 0 Å². The Kier molecular flexibility index (Phi) is 7.14. The van der Waals surface area contributed by atoms with Gasteiger partial charge in [-0.1, -0.05) is 109 Å². The molecule has 0 radical (unpaired) electrons. The standard InChI is InChI=1S/C31H28O4S/c32-36(33,29-19-11-4-12-20-29)30-21-22-34-28(23-30)24-35-31(25-13-5-1-6-14-25,26-15-7-2-8-16-26)27-17-9-3-10-18-27/h1-21,28H,22-24H2. The van der Waals surface area contributed by atoms with Crippen molar-refractivity contribution in [1.82, 2.24) is 0 Å². The molecule has 1 atom stereocenters. The first-order chi connectivity index (χ1) is 17.6. The minimum absolute atomic E-state index is 0.223. The van der Waals surface area contributed by atoms with E-state index in [0.717, 1.165) is 16.7 Å². The van der Waals surface area contributed by atoms with E-state index in [1.165, 1.54) is 0 Å². The summed E-state index contributed by atoms with van der Waals surface area (Å²) in [4.78, 5) is 0.670. The maximum Gasteiger partial charge on any atom is 0.202 e. The number of sulfone groups is 1. The molecule has 1 unspecified atom stereocenters. The van der Waals surface area contributed by atoms with E-state index in [0.29, 0.717) is 9.80 Å². The fraction of sp³-hybridized carbons (Fsp3) is 0.161. The van der Waals surface area contributed by atoms with E-state index in [4.69, 9.17) is 9.47 Å². The Balaban J connectivity index is 1.48. The fourth-order valence-corrected chi connectivity index (χ4v) is 6.22. The average molecular weight is 497 g/mol. The van der Waals surface area contributed by atoms with Gasteiger partial charge in [-0.25, -0.2) is 8.42 Å². The molecule has 1 heterocycles. The second kappa shape index (κ2) is 10.6. The van der Waals surface area contributed by atoms with Gasteiger partial charge in [-0.2, -0.15) is 0 Å². The summed E-state index contributed by atoms with van der Waals surface area (Å²) in [7, 11) is -3.58. The van der Waals surface area contributed by atoms with Gasteiger partial charge in [-0.05, 0) is 34.9 Å². The zero-order chi connectivity index (χ0) is 24.8. The van der Waals surface area contributed by atoms with Crippen molar-refractivity contribution >= 4 is 9.84 Å². The average Bonchev–Trinajstić information content (AvgIpc) is 2.96. The highest BCUT2D eigenvalue weighted by Crippen LogP contribution is 2.41. The molecule has 0 saturated heterocycles. The van der Waals surface area contributed by atoms with Crippen LogP contribution in [0.4, 0.5) is 0 Å². The van der Waals surface area contributed by atoms with E-state index in [9.17, 15) is 8.42 Å². The maximum absolute atomic E-state index is 13.2. The fourth-order valence-electron chi connectivity index (χ4n) is 4.71. The Labute approximate surface area is 212 Å². The van der Waals surface area contributed by atoms with Crippen LogP contribution in [0.25, 0.3) is 0 Å². The molecule has 1 aliphatic rings. The lowest BCUT2D eigenvalue weighted by atomic mass is 9.80.